The molecule has 142 heavy (non-hydrogen) atoms. The number of nitrogens with zero attached hydrogens (tertiary/aromatic N) is 1. The maximum Gasteiger partial charge on any atom is 0.144 e. The molecule has 25 rings (SSSR count). The Balaban J connectivity index is 0.629. The van der Waals surface area contributed by atoms with Crippen LogP contribution in [-0.4, -0.2) is 0 Å². The molecule has 0 fully saturated rings. The van der Waals surface area contributed by atoms with E-state index in [4.69, 9.17) is 13.3 Å². The number of unbranched alkanes of at least 4 members (excludes halogenated alkanes) is 16. The van der Waals surface area contributed by atoms with Crippen LogP contribution in [0.25, 0.3) is 177 Å². The predicted molar refractivity (Wildman–Crippen MR) is 601 cm³/mol. The van der Waals surface area contributed by atoms with Gasteiger partial charge < -0.3 is 18.2 Å². The van der Waals surface area contributed by atoms with Crippen molar-refractivity contribution in [2.24, 2.45) is 0 Å². The molecular weight excluding hydrogens is 1720 g/mol. The van der Waals surface area contributed by atoms with E-state index < -0.39 is 10.8 Å². The summed E-state index contributed by atoms with van der Waals surface area (Å²) in [5.41, 5.74) is 49.9. The molecule has 0 spiro atoms. The van der Waals surface area contributed by atoms with E-state index in [1.165, 1.54) is 300 Å². The summed E-state index contributed by atoms with van der Waals surface area (Å²) in [5.74, 6) is 0. The summed E-state index contributed by atoms with van der Waals surface area (Å²) in [6, 6.07) is 116. The van der Waals surface area contributed by atoms with E-state index >= 15 is 0 Å². The third kappa shape index (κ3) is 13.7. The molecule has 0 aliphatic heterocycles. The number of hydrogen-bond acceptors (Lipinski definition) is 4. The Labute approximate surface area is 840 Å². The topological polar surface area (TPSA) is 42.7 Å². The number of fused-ring (bicyclic) bond motifs is 32. The van der Waals surface area contributed by atoms with Gasteiger partial charge in [-0.05, 0) is 272 Å². The summed E-state index contributed by atoms with van der Waals surface area (Å²) >= 11 is 0. The minimum absolute atomic E-state index is 0.0271. The lowest BCUT2D eigenvalue weighted by molar-refractivity contribution is 0.399. The van der Waals surface area contributed by atoms with Gasteiger partial charge in [0.15, 0.2) is 0 Å². The molecular formula is C138H133NO3. The van der Waals surface area contributed by atoms with Gasteiger partial charge in [0.25, 0.3) is 0 Å². The minimum atomic E-state index is -0.438. The van der Waals surface area contributed by atoms with Crippen LogP contribution < -0.4 is 4.90 Å². The van der Waals surface area contributed by atoms with E-state index in [1.54, 1.807) is 11.1 Å². The van der Waals surface area contributed by atoms with Crippen molar-refractivity contribution in [1.29, 1.82) is 0 Å². The number of furan rings is 3. The lowest BCUT2D eigenvalue weighted by Gasteiger charge is -2.35. The van der Waals surface area contributed by atoms with Crippen LogP contribution in [0.4, 0.5) is 17.1 Å². The van der Waals surface area contributed by atoms with Crippen molar-refractivity contribution in [2.75, 3.05) is 4.90 Å². The Morgan fingerprint density at radius 3 is 1.04 bits per heavy atom. The summed E-state index contributed by atoms with van der Waals surface area (Å²) in [4.78, 5) is 2.68. The molecule has 19 aromatic rings. The molecule has 6 aliphatic carbocycles. The Bertz CT molecular complexity index is 8260. The van der Waals surface area contributed by atoms with Gasteiger partial charge in [-0.3, -0.25) is 0 Å². The first-order chi connectivity index (χ1) is 69.3. The highest BCUT2D eigenvalue weighted by atomic mass is 16.3. The summed E-state index contributed by atoms with van der Waals surface area (Å²) in [6.45, 7) is 29.2. The lowest BCUT2D eigenvalue weighted by Crippen LogP contribution is -2.26. The first kappa shape index (κ1) is 90.0. The van der Waals surface area contributed by atoms with Crippen LogP contribution in [0, 0.1) is 0 Å². The second-order valence-electron chi connectivity index (χ2n) is 45.3. The zero-order valence-electron chi connectivity index (χ0n) is 85.4. The van der Waals surface area contributed by atoms with E-state index in [9.17, 15) is 0 Å². The van der Waals surface area contributed by atoms with Crippen molar-refractivity contribution in [3.8, 4) is 111 Å². The van der Waals surface area contributed by atoms with Gasteiger partial charge in [0.05, 0.1) is 0 Å². The summed E-state index contributed by atoms with van der Waals surface area (Å²) in [7, 11) is 0. The van der Waals surface area contributed by atoms with Gasteiger partial charge >= 0.3 is 0 Å². The highest BCUT2D eigenvalue weighted by molar-refractivity contribution is 6.23. The van der Waals surface area contributed by atoms with Crippen molar-refractivity contribution in [2.45, 2.75) is 270 Å². The standard InChI is InChI=1S/C138H133NO3/c1-13-17-21-25-42-74-137(75-43-26-22-18-14-2)109-54-38-32-48-95(109)98-70-64-91(80-114(98)137)90-63-69-97-96-68-62-89(78-110(96)133(5,6)111(97)79-90)86-58-60-88(61-59-86)107-85-117-122(125-104-51-35-40-56-119(104)141-131(107)125)102-73-67-94(83-115(102)138(117,76-44-27-23-19-15-3)77-45-28-24-20-16-4)139(92-65-71-100-112(81-92)134(7,8)116-84-106(87-46-30-29-31-47-87)130-124(121(100)116)103-50-34-39-55-118(103)140-130)93-66-72-101-113(82-93)136(11,12)128-123(101)126-105-52-36-41-57-120(105)142-132(126)127-99-49-33-37-53-108(99)135(9,10)129(127)128/h29-41,46-73,78-85H,13-28,42-45,74-77H2,1-12H3. The van der Waals surface area contributed by atoms with Crippen molar-refractivity contribution in [3.63, 3.8) is 0 Å². The number of para-hydroxylation sites is 3. The maximum atomic E-state index is 7.52. The van der Waals surface area contributed by atoms with Crippen molar-refractivity contribution in [1.82, 2.24) is 0 Å². The predicted octanol–water partition coefficient (Wildman–Crippen LogP) is 40.7. The van der Waals surface area contributed by atoms with Gasteiger partial charge in [-0.25, -0.2) is 0 Å². The Morgan fingerprint density at radius 1 is 0.204 bits per heavy atom. The fraction of sp³-hybridized carbons (Fsp3) is 0.304. The minimum Gasteiger partial charge on any atom is -0.455 e. The molecule has 4 nitrogen and oxygen atoms in total. The van der Waals surface area contributed by atoms with Gasteiger partial charge in [0.2, 0.25) is 0 Å². The SMILES string of the molecule is CCCCCCCC1(CCCCCCC)c2ccccc2-c2ccc(-c3ccc4c(c3)C(C)(C)c3cc(-c5ccc(-c6cc7c(c8c6oc6ccccc68)-c6ccc(N(c8ccc9c(c8)C(C)(C)c8cc(-c%10ccccc%10)c%10oc%11ccccc%11c%10c8-9)c8ccc9c(c8)C(C)(C)c8c%10c(c%11oc%12ccccc%12c%11c8-9)-c8ccccc8C%10(C)C)cc6C7(CCCCCCC)CCCCCCC)cc5)ccc3-4)cc21. The molecule has 0 N–H and O–H groups in total. The molecule has 16 aromatic carbocycles. The molecule has 0 bridgehead atoms. The van der Waals surface area contributed by atoms with Crippen molar-refractivity contribution < 1.29 is 13.3 Å². The first-order valence-corrected chi connectivity index (χ1v) is 54.3. The molecule has 0 radical (unpaired) electrons. The van der Waals surface area contributed by atoms with Crippen LogP contribution >= 0.6 is 0 Å². The number of hydrogen-bond donors (Lipinski definition) is 0. The van der Waals surface area contributed by atoms with Gasteiger partial charge in [0.1, 0.15) is 33.5 Å². The molecule has 3 heterocycles. The highest BCUT2D eigenvalue weighted by Gasteiger charge is 2.52. The Hall–Kier alpha value is -13.3. The third-order valence-corrected chi connectivity index (χ3v) is 35.6. The van der Waals surface area contributed by atoms with Crippen LogP contribution in [0.2, 0.25) is 0 Å². The number of rotatable bonds is 31. The fourth-order valence-electron chi connectivity index (χ4n) is 28.4. The molecule has 708 valence electrons. The number of anilines is 3. The number of benzene rings is 16. The second-order valence-corrected chi connectivity index (χ2v) is 45.3. The van der Waals surface area contributed by atoms with Crippen LogP contribution in [0.15, 0.2) is 311 Å². The monoisotopic (exact) mass is 1850 g/mol. The zero-order valence-corrected chi connectivity index (χ0v) is 85.4. The van der Waals surface area contributed by atoms with E-state index in [2.05, 4.69) is 385 Å². The van der Waals surface area contributed by atoms with Gasteiger partial charge in [-0.2, -0.15) is 0 Å². The summed E-state index contributed by atoms with van der Waals surface area (Å²) < 4.78 is 21.9. The molecule has 0 saturated carbocycles. The van der Waals surface area contributed by atoms with Crippen molar-refractivity contribution >= 4 is 82.9 Å². The largest absolute Gasteiger partial charge is 0.455 e. The van der Waals surface area contributed by atoms with Gasteiger partial charge in [0, 0.05) is 98.6 Å². The van der Waals surface area contributed by atoms with Crippen LogP contribution in [0.5, 0.6) is 0 Å². The smallest absolute Gasteiger partial charge is 0.144 e. The average molecular weight is 1850 g/mol. The van der Waals surface area contributed by atoms with E-state index in [0.717, 1.165) is 104 Å². The third-order valence-electron chi connectivity index (χ3n) is 35.6. The van der Waals surface area contributed by atoms with Gasteiger partial charge in [-0.1, -0.05) is 424 Å². The molecule has 0 atom stereocenters. The van der Waals surface area contributed by atoms with Gasteiger partial charge in [-0.15, -0.1) is 0 Å². The maximum absolute atomic E-state index is 7.52. The quantitative estimate of drug-likeness (QED) is 0.0406. The first-order valence-electron chi connectivity index (χ1n) is 54.3. The van der Waals surface area contributed by atoms with Crippen LogP contribution in [0.1, 0.15) is 304 Å². The average Bonchev–Trinajstić information content (AvgIpc) is 1.49. The zero-order chi connectivity index (χ0) is 96.5. The fourth-order valence-corrected chi connectivity index (χ4v) is 28.4. The van der Waals surface area contributed by atoms with Crippen molar-refractivity contribution in [3.05, 3.63) is 364 Å². The second kappa shape index (κ2) is 34.8. The van der Waals surface area contributed by atoms with E-state index in [1.807, 2.05) is 0 Å². The molecule has 0 unspecified atom stereocenters. The van der Waals surface area contributed by atoms with Crippen LogP contribution in [-0.2, 0) is 32.5 Å². The van der Waals surface area contributed by atoms with Crippen LogP contribution in [0.3, 0.4) is 0 Å². The molecule has 0 amide bonds. The molecule has 6 aliphatic rings. The normalized spacial score (nSPS) is 15.4. The Kier molecular flexibility index (Phi) is 22.1. The molecule has 4 heteroatoms. The summed E-state index contributed by atoms with van der Waals surface area (Å²) in [6.07, 6.45) is 29.4. The highest BCUT2D eigenvalue weighted by Crippen LogP contribution is 2.67. The van der Waals surface area contributed by atoms with E-state index in [-0.39, 0.29) is 21.7 Å². The van der Waals surface area contributed by atoms with E-state index in [0.29, 0.717) is 0 Å². The lowest BCUT2D eigenvalue weighted by atomic mass is 9.70. The summed E-state index contributed by atoms with van der Waals surface area (Å²) in [5, 5.41) is 7.11. The molecule has 0 saturated heterocycles. The molecule has 3 aromatic heterocycles. The Morgan fingerprint density at radius 2 is 0.521 bits per heavy atom.